The van der Waals surface area contributed by atoms with Crippen LogP contribution in [0.2, 0.25) is 0 Å². The average Bonchev–Trinajstić information content (AvgIpc) is 2.71. The molecule has 7 heteroatoms. The molecule has 2 N–H and O–H groups in total. The molecule has 0 aliphatic rings. The van der Waals surface area contributed by atoms with Crippen LogP contribution in [0.3, 0.4) is 0 Å². The van der Waals surface area contributed by atoms with Crippen molar-refractivity contribution in [3.8, 4) is 0 Å². The number of aromatic nitrogens is 2. The van der Waals surface area contributed by atoms with Crippen molar-refractivity contribution in [1.82, 2.24) is 9.97 Å². The Morgan fingerprint density at radius 2 is 1.82 bits per heavy atom. The molecule has 0 atom stereocenters. The first kappa shape index (κ1) is 19.0. The van der Waals surface area contributed by atoms with Gasteiger partial charge in [-0.05, 0) is 55.3 Å². The summed E-state index contributed by atoms with van der Waals surface area (Å²) in [6.45, 7) is 4.02. The van der Waals surface area contributed by atoms with Gasteiger partial charge in [0, 0.05) is 17.6 Å². The van der Waals surface area contributed by atoms with E-state index in [1.165, 1.54) is 19.4 Å². The van der Waals surface area contributed by atoms with Crippen molar-refractivity contribution in [3.63, 3.8) is 0 Å². The lowest BCUT2D eigenvalue weighted by Crippen LogP contribution is -2.15. The van der Waals surface area contributed by atoms with Gasteiger partial charge in [-0.1, -0.05) is 18.2 Å². The lowest BCUT2D eigenvalue weighted by Gasteiger charge is -2.11. The second kappa shape index (κ2) is 8.30. The number of ether oxygens (including phenoxy) is 1. The predicted octanol–water partition coefficient (Wildman–Crippen LogP) is 3.88. The van der Waals surface area contributed by atoms with Crippen molar-refractivity contribution < 1.29 is 14.3 Å². The monoisotopic (exact) mass is 376 g/mol. The third-order valence-electron chi connectivity index (χ3n) is 4.28. The molecule has 0 fully saturated rings. The van der Waals surface area contributed by atoms with Crippen LogP contribution in [-0.2, 0) is 4.74 Å². The number of methoxy groups -OCH3 is 1. The average molecular weight is 376 g/mol. The first-order valence-electron chi connectivity index (χ1n) is 8.64. The largest absolute Gasteiger partial charge is 0.465 e. The maximum atomic E-state index is 12.5. The fourth-order valence-corrected chi connectivity index (χ4v) is 2.59. The van der Waals surface area contributed by atoms with Crippen LogP contribution < -0.4 is 10.6 Å². The first-order valence-corrected chi connectivity index (χ1v) is 8.64. The molecule has 3 aromatic rings. The highest BCUT2D eigenvalue weighted by Gasteiger charge is 2.12. The Bertz CT molecular complexity index is 1030. The highest BCUT2D eigenvalue weighted by Crippen LogP contribution is 2.21. The fourth-order valence-electron chi connectivity index (χ4n) is 2.59. The van der Waals surface area contributed by atoms with E-state index in [-0.39, 0.29) is 5.69 Å². The first-order chi connectivity index (χ1) is 13.5. The summed E-state index contributed by atoms with van der Waals surface area (Å²) in [7, 11) is 1.30. The maximum Gasteiger partial charge on any atom is 0.337 e. The van der Waals surface area contributed by atoms with Crippen LogP contribution in [0, 0.1) is 13.8 Å². The van der Waals surface area contributed by atoms with Gasteiger partial charge in [0.2, 0.25) is 5.95 Å². The Morgan fingerprint density at radius 3 is 2.61 bits per heavy atom. The Labute approximate surface area is 162 Å². The quantitative estimate of drug-likeness (QED) is 0.657. The van der Waals surface area contributed by atoms with Crippen molar-refractivity contribution in [2.75, 3.05) is 17.7 Å². The summed E-state index contributed by atoms with van der Waals surface area (Å²) < 4.78 is 4.69. The van der Waals surface area contributed by atoms with Crippen molar-refractivity contribution in [2.45, 2.75) is 13.8 Å². The number of carbonyl (C=O) groups is 2. The van der Waals surface area contributed by atoms with Crippen LogP contribution in [-0.4, -0.2) is 29.0 Å². The van der Waals surface area contributed by atoms with Gasteiger partial charge in [-0.15, -0.1) is 0 Å². The van der Waals surface area contributed by atoms with Gasteiger partial charge in [0.05, 0.1) is 12.7 Å². The Kier molecular flexibility index (Phi) is 5.64. The van der Waals surface area contributed by atoms with E-state index in [1.54, 1.807) is 24.3 Å². The summed E-state index contributed by atoms with van der Waals surface area (Å²) in [4.78, 5) is 32.6. The van der Waals surface area contributed by atoms with Gasteiger partial charge >= 0.3 is 5.97 Å². The van der Waals surface area contributed by atoms with Crippen LogP contribution >= 0.6 is 0 Å². The van der Waals surface area contributed by atoms with Gasteiger partial charge in [-0.3, -0.25) is 4.79 Å². The smallest absolute Gasteiger partial charge is 0.337 e. The second-order valence-electron chi connectivity index (χ2n) is 6.16. The highest BCUT2D eigenvalue weighted by atomic mass is 16.5. The summed E-state index contributed by atoms with van der Waals surface area (Å²) in [5.74, 6) is -0.559. The molecule has 0 aliphatic carbocycles. The standard InChI is InChI=1S/C21H20N4O3/c1-13-6-4-9-17(14(13)2)24-21-22-11-10-18(25-21)19(26)23-16-8-5-7-15(12-16)20(27)28-3/h4-12H,1-3H3,(H,23,26)(H,22,24,25). The highest BCUT2D eigenvalue weighted by molar-refractivity contribution is 6.03. The molecule has 142 valence electrons. The summed E-state index contributed by atoms with van der Waals surface area (Å²) >= 11 is 0. The molecule has 0 bridgehead atoms. The molecule has 1 heterocycles. The van der Waals surface area contributed by atoms with Gasteiger partial charge in [0.25, 0.3) is 5.91 Å². The number of hydrogen-bond acceptors (Lipinski definition) is 6. The molecular weight excluding hydrogens is 356 g/mol. The number of rotatable bonds is 5. The molecule has 0 saturated heterocycles. The third kappa shape index (κ3) is 4.32. The third-order valence-corrected chi connectivity index (χ3v) is 4.28. The van der Waals surface area contributed by atoms with E-state index >= 15 is 0 Å². The normalized spacial score (nSPS) is 10.2. The zero-order chi connectivity index (χ0) is 20.1. The number of nitrogens with zero attached hydrogens (tertiary/aromatic N) is 2. The summed E-state index contributed by atoms with van der Waals surface area (Å²) in [5, 5.41) is 5.86. The van der Waals surface area contributed by atoms with Gasteiger partial charge in [0.1, 0.15) is 5.69 Å². The number of nitrogens with one attached hydrogen (secondary N) is 2. The Balaban J connectivity index is 1.77. The van der Waals surface area contributed by atoms with E-state index < -0.39 is 11.9 Å². The zero-order valence-electron chi connectivity index (χ0n) is 15.8. The van der Waals surface area contributed by atoms with Crippen LogP contribution in [0.4, 0.5) is 17.3 Å². The number of benzene rings is 2. The summed E-state index contributed by atoms with van der Waals surface area (Å²) in [6.07, 6.45) is 1.51. The van der Waals surface area contributed by atoms with Gasteiger partial charge in [-0.25, -0.2) is 14.8 Å². The molecule has 28 heavy (non-hydrogen) atoms. The van der Waals surface area contributed by atoms with Gasteiger partial charge in [0.15, 0.2) is 0 Å². The lowest BCUT2D eigenvalue weighted by molar-refractivity contribution is 0.0600. The van der Waals surface area contributed by atoms with Crippen LogP contribution in [0.15, 0.2) is 54.7 Å². The lowest BCUT2D eigenvalue weighted by atomic mass is 10.1. The molecule has 2 aromatic carbocycles. The molecular formula is C21H20N4O3. The number of carbonyl (C=O) groups excluding carboxylic acids is 2. The minimum Gasteiger partial charge on any atom is -0.465 e. The number of hydrogen-bond donors (Lipinski definition) is 2. The number of esters is 1. The van der Waals surface area contributed by atoms with E-state index in [9.17, 15) is 9.59 Å². The minimum atomic E-state index is -0.474. The maximum absolute atomic E-state index is 12.5. The Hall–Kier alpha value is -3.74. The number of amides is 1. The van der Waals surface area contributed by atoms with Gasteiger partial charge in [-0.2, -0.15) is 0 Å². The molecule has 0 spiro atoms. The van der Waals surface area contributed by atoms with E-state index in [0.717, 1.165) is 16.8 Å². The van der Waals surface area contributed by atoms with Crippen LogP contribution in [0.1, 0.15) is 32.0 Å². The molecule has 7 nitrogen and oxygen atoms in total. The van der Waals surface area contributed by atoms with Crippen molar-refractivity contribution in [2.24, 2.45) is 0 Å². The fraction of sp³-hybridized carbons (Fsp3) is 0.143. The van der Waals surface area contributed by atoms with Crippen molar-refractivity contribution >= 4 is 29.2 Å². The summed E-state index contributed by atoms with van der Waals surface area (Å²) in [6, 6.07) is 13.9. The number of anilines is 3. The molecule has 3 rings (SSSR count). The minimum absolute atomic E-state index is 0.200. The SMILES string of the molecule is COC(=O)c1cccc(NC(=O)c2ccnc(Nc3cccc(C)c3C)n2)c1. The topological polar surface area (TPSA) is 93.2 Å². The predicted molar refractivity (Wildman–Crippen MR) is 107 cm³/mol. The van der Waals surface area contributed by atoms with Crippen LogP contribution in [0.25, 0.3) is 0 Å². The number of aryl methyl sites for hydroxylation is 1. The molecule has 0 unspecified atom stereocenters. The van der Waals surface area contributed by atoms with E-state index in [0.29, 0.717) is 17.2 Å². The van der Waals surface area contributed by atoms with E-state index in [2.05, 4.69) is 20.6 Å². The zero-order valence-corrected chi connectivity index (χ0v) is 15.8. The molecule has 0 radical (unpaired) electrons. The summed E-state index contributed by atoms with van der Waals surface area (Å²) in [5.41, 5.74) is 4.12. The van der Waals surface area contributed by atoms with E-state index in [4.69, 9.17) is 4.74 Å². The van der Waals surface area contributed by atoms with Gasteiger partial charge < -0.3 is 15.4 Å². The van der Waals surface area contributed by atoms with E-state index in [1.807, 2.05) is 32.0 Å². The van der Waals surface area contributed by atoms with Crippen molar-refractivity contribution in [1.29, 1.82) is 0 Å². The molecule has 0 aliphatic heterocycles. The second-order valence-corrected chi connectivity index (χ2v) is 6.16. The Morgan fingerprint density at radius 1 is 1.04 bits per heavy atom. The molecule has 0 saturated carbocycles. The molecule has 1 amide bonds. The van der Waals surface area contributed by atoms with Crippen LogP contribution in [0.5, 0.6) is 0 Å². The van der Waals surface area contributed by atoms with Crippen molar-refractivity contribution in [3.05, 3.63) is 77.1 Å². The molecule has 1 aromatic heterocycles.